The van der Waals surface area contributed by atoms with Gasteiger partial charge in [-0.25, -0.2) is 8.42 Å². The number of sulfone groups is 1. The van der Waals surface area contributed by atoms with Crippen molar-refractivity contribution in [1.29, 1.82) is 0 Å². The molecule has 2 unspecified atom stereocenters. The average molecular weight is 356 g/mol. The fourth-order valence-electron chi connectivity index (χ4n) is 4.11. The first-order valence-corrected chi connectivity index (χ1v) is 9.83. The molecule has 0 saturated carbocycles. The fourth-order valence-corrected chi connectivity index (χ4v) is 5.85. The third kappa shape index (κ3) is 2.37. The van der Waals surface area contributed by atoms with E-state index in [1.165, 1.54) is 0 Å². The van der Waals surface area contributed by atoms with E-state index >= 15 is 0 Å². The van der Waals surface area contributed by atoms with Gasteiger partial charge in [0.2, 0.25) is 9.84 Å². The summed E-state index contributed by atoms with van der Waals surface area (Å²) in [6.45, 7) is 0. The van der Waals surface area contributed by atoms with Crippen molar-refractivity contribution in [1.82, 2.24) is 0 Å². The number of rotatable bonds is 4. The SMILES string of the molecule is COc1ccc(OC)c2c1C1C=C(S(=O)(=O)c3ccccc3)C2CC1. The standard InChI is InChI=1S/C20H20O4S/c1-23-16-10-11-17(24-2)20-15-9-8-13(19(16)20)12-18(15)25(21,22)14-6-4-3-5-7-14/h3-7,10-13,15H,8-9H2,1-2H3. The summed E-state index contributed by atoms with van der Waals surface area (Å²) in [5.74, 6) is 1.39. The van der Waals surface area contributed by atoms with Crippen molar-refractivity contribution in [3.63, 3.8) is 0 Å². The van der Waals surface area contributed by atoms with Crippen molar-refractivity contribution in [3.05, 3.63) is 64.6 Å². The Morgan fingerprint density at radius 1 is 0.880 bits per heavy atom. The summed E-state index contributed by atoms with van der Waals surface area (Å²) in [6, 6.07) is 12.4. The van der Waals surface area contributed by atoms with E-state index in [-0.39, 0.29) is 11.8 Å². The number of fused-ring (bicyclic) bond motifs is 1. The molecule has 4 nitrogen and oxygen atoms in total. The largest absolute Gasteiger partial charge is 0.496 e. The molecule has 3 aliphatic rings. The van der Waals surface area contributed by atoms with E-state index in [4.69, 9.17) is 9.47 Å². The van der Waals surface area contributed by atoms with E-state index in [1.807, 2.05) is 24.3 Å². The topological polar surface area (TPSA) is 52.6 Å². The van der Waals surface area contributed by atoms with Gasteiger partial charge >= 0.3 is 0 Å². The second kappa shape index (κ2) is 5.92. The molecule has 0 fully saturated rings. The number of methoxy groups -OCH3 is 2. The van der Waals surface area contributed by atoms with Crippen molar-refractivity contribution in [2.24, 2.45) is 0 Å². The first-order chi connectivity index (χ1) is 12.1. The van der Waals surface area contributed by atoms with Crippen LogP contribution in [0, 0.1) is 0 Å². The molecule has 25 heavy (non-hydrogen) atoms. The second-order valence-electron chi connectivity index (χ2n) is 6.42. The molecule has 130 valence electrons. The van der Waals surface area contributed by atoms with Crippen LogP contribution in [0.5, 0.6) is 11.5 Å². The highest BCUT2D eigenvalue weighted by Crippen LogP contribution is 2.56. The van der Waals surface area contributed by atoms with Gasteiger partial charge in [-0.2, -0.15) is 0 Å². The van der Waals surface area contributed by atoms with E-state index < -0.39 is 9.84 Å². The molecule has 2 aromatic rings. The van der Waals surface area contributed by atoms with E-state index in [1.54, 1.807) is 38.5 Å². The monoisotopic (exact) mass is 356 g/mol. The molecule has 3 aliphatic carbocycles. The molecule has 0 heterocycles. The van der Waals surface area contributed by atoms with Gasteiger partial charge in [0, 0.05) is 23.0 Å². The van der Waals surface area contributed by atoms with Crippen LogP contribution in [-0.2, 0) is 9.84 Å². The zero-order valence-corrected chi connectivity index (χ0v) is 15.0. The lowest BCUT2D eigenvalue weighted by atomic mass is 9.70. The van der Waals surface area contributed by atoms with Crippen LogP contribution in [0.4, 0.5) is 0 Å². The smallest absolute Gasteiger partial charge is 0.203 e. The van der Waals surface area contributed by atoms with Crippen molar-refractivity contribution in [2.75, 3.05) is 14.2 Å². The summed E-state index contributed by atoms with van der Waals surface area (Å²) in [5, 5.41) is 0. The normalized spacial score (nSPS) is 21.4. The molecule has 0 aliphatic heterocycles. The van der Waals surface area contributed by atoms with Crippen LogP contribution in [0.2, 0.25) is 0 Å². The minimum absolute atomic E-state index is 0.0403. The lowest BCUT2D eigenvalue weighted by Gasteiger charge is -2.38. The van der Waals surface area contributed by atoms with Gasteiger partial charge in [0.1, 0.15) is 11.5 Å². The number of benzene rings is 2. The Balaban J connectivity index is 1.90. The van der Waals surface area contributed by atoms with Crippen LogP contribution in [-0.4, -0.2) is 22.6 Å². The molecular weight excluding hydrogens is 336 g/mol. The molecule has 2 aromatic carbocycles. The van der Waals surface area contributed by atoms with Crippen LogP contribution in [0.1, 0.15) is 35.8 Å². The highest BCUT2D eigenvalue weighted by atomic mass is 32.2. The zero-order valence-electron chi connectivity index (χ0n) is 14.2. The predicted octanol–water partition coefficient (Wildman–Crippen LogP) is 4.04. The molecule has 0 N–H and O–H groups in total. The van der Waals surface area contributed by atoms with Gasteiger partial charge < -0.3 is 9.47 Å². The Bertz CT molecular complexity index is 945. The first kappa shape index (κ1) is 16.2. The highest BCUT2D eigenvalue weighted by Gasteiger charge is 2.43. The third-order valence-corrected chi connectivity index (χ3v) is 7.14. The molecule has 2 atom stereocenters. The van der Waals surface area contributed by atoms with Crippen LogP contribution in [0.15, 0.2) is 58.3 Å². The van der Waals surface area contributed by atoms with Gasteiger partial charge in [0.25, 0.3) is 0 Å². The fraction of sp³-hybridized carbons (Fsp3) is 0.300. The zero-order chi connectivity index (χ0) is 17.6. The molecule has 5 heteroatoms. The molecule has 0 amide bonds. The Labute approximate surface area is 148 Å². The molecular formula is C20H20O4S. The minimum atomic E-state index is -3.52. The van der Waals surface area contributed by atoms with Crippen LogP contribution in [0.25, 0.3) is 0 Å². The Kier molecular flexibility index (Phi) is 3.84. The lowest BCUT2D eigenvalue weighted by Crippen LogP contribution is -2.26. The quantitative estimate of drug-likeness (QED) is 0.830. The Hall–Kier alpha value is -2.27. The van der Waals surface area contributed by atoms with Gasteiger partial charge in [-0.05, 0) is 37.1 Å². The summed E-state index contributed by atoms with van der Waals surface area (Å²) in [7, 11) is -0.242. The van der Waals surface area contributed by atoms with Gasteiger partial charge in [-0.1, -0.05) is 24.3 Å². The van der Waals surface area contributed by atoms with E-state index in [2.05, 4.69) is 0 Å². The van der Waals surface area contributed by atoms with E-state index in [9.17, 15) is 8.42 Å². The number of hydrogen-bond acceptors (Lipinski definition) is 4. The van der Waals surface area contributed by atoms with Crippen molar-refractivity contribution < 1.29 is 17.9 Å². The number of allylic oxidation sites excluding steroid dienone is 2. The van der Waals surface area contributed by atoms with E-state index in [0.717, 1.165) is 35.5 Å². The van der Waals surface area contributed by atoms with Crippen LogP contribution < -0.4 is 9.47 Å². The highest BCUT2D eigenvalue weighted by molar-refractivity contribution is 7.95. The lowest BCUT2D eigenvalue weighted by molar-refractivity contribution is 0.377. The maximum atomic E-state index is 13.2. The van der Waals surface area contributed by atoms with Crippen molar-refractivity contribution in [3.8, 4) is 11.5 Å². The van der Waals surface area contributed by atoms with E-state index in [0.29, 0.717) is 9.80 Å². The molecule has 5 rings (SSSR count). The van der Waals surface area contributed by atoms with Crippen LogP contribution in [0.3, 0.4) is 0 Å². The summed E-state index contributed by atoms with van der Waals surface area (Å²) in [5.41, 5.74) is 2.04. The van der Waals surface area contributed by atoms with Gasteiger partial charge in [0.05, 0.1) is 24.0 Å². The molecule has 0 saturated heterocycles. The maximum absolute atomic E-state index is 13.2. The van der Waals surface area contributed by atoms with Gasteiger partial charge in [0.15, 0.2) is 0 Å². The maximum Gasteiger partial charge on any atom is 0.203 e. The second-order valence-corrected chi connectivity index (χ2v) is 8.37. The summed E-state index contributed by atoms with van der Waals surface area (Å²) in [4.78, 5) is 0.839. The first-order valence-electron chi connectivity index (χ1n) is 8.34. The molecule has 2 bridgehead atoms. The number of ether oxygens (including phenoxy) is 2. The minimum Gasteiger partial charge on any atom is -0.496 e. The Morgan fingerprint density at radius 2 is 1.52 bits per heavy atom. The molecule has 0 aromatic heterocycles. The third-order valence-electron chi connectivity index (χ3n) is 5.21. The van der Waals surface area contributed by atoms with Gasteiger partial charge in [-0.15, -0.1) is 0 Å². The molecule has 0 radical (unpaired) electrons. The summed E-state index contributed by atoms with van der Waals surface area (Å²) < 4.78 is 37.5. The average Bonchev–Trinajstić information content (AvgIpc) is 2.68. The molecule has 0 spiro atoms. The van der Waals surface area contributed by atoms with Gasteiger partial charge in [-0.3, -0.25) is 0 Å². The summed E-state index contributed by atoms with van der Waals surface area (Å²) in [6.07, 6.45) is 3.65. The predicted molar refractivity (Wildman–Crippen MR) is 96.0 cm³/mol. The van der Waals surface area contributed by atoms with Crippen LogP contribution >= 0.6 is 0 Å². The van der Waals surface area contributed by atoms with Crippen molar-refractivity contribution >= 4 is 9.84 Å². The Morgan fingerprint density at radius 3 is 2.16 bits per heavy atom. The van der Waals surface area contributed by atoms with Crippen molar-refractivity contribution in [2.45, 2.75) is 29.6 Å². The number of hydrogen-bond donors (Lipinski definition) is 0. The summed E-state index contributed by atoms with van der Waals surface area (Å²) >= 11 is 0.